The van der Waals surface area contributed by atoms with Crippen LogP contribution in [0.1, 0.15) is 98.3 Å². The van der Waals surface area contributed by atoms with Crippen molar-refractivity contribution in [2.24, 2.45) is 0 Å². The third-order valence-corrected chi connectivity index (χ3v) is 9.37. The standard InChI is InChI=1S/C34H36/c1-21-16-18-26-29(20-21)31(24-12-7-4-8-13-24)33-27-15-9-14-25-22(2)17-19-28(32(25)27)34(33)30(26)23-10-5-3-6-11-23/h9,14-20,23-24H,3-8,10-13H2,1-2H3. The normalized spacial score (nSPS) is 18.6. The van der Waals surface area contributed by atoms with Crippen molar-refractivity contribution < 1.29 is 0 Å². The zero-order valence-electron chi connectivity index (χ0n) is 20.8. The summed E-state index contributed by atoms with van der Waals surface area (Å²) < 4.78 is 0. The van der Waals surface area contributed by atoms with E-state index in [2.05, 4.69) is 62.4 Å². The van der Waals surface area contributed by atoms with Crippen molar-refractivity contribution in [3.05, 3.63) is 70.8 Å². The van der Waals surface area contributed by atoms with Gasteiger partial charge in [-0.05, 0) is 112 Å². The molecular weight excluding hydrogens is 408 g/mol. The Morgan fingerprint density at radius 1 is 0.559 bits per heavy atom. The lowest BCUT2D eigenvalue weighted by molar-refractivity contribution is 0.443. The third-order valence-electron chi connectivity index (χ3n) is 9.37. The van der Waals surface area contributed by atoms with Crippen LogP contribution >= 0.6 is 0 Å². The second kappa shape index (κ2) is 7.98. The monoisotopic (exact) mass is 444 g/mol. The Balaban J connectivity index is 1.66. The largest absolute Gasteiger partial charge is 0.0610 e. The molecule has 4 aromatic carbocycles. The van der Waals surface area contributed by atoms with E-state index in [9.17, 15) is 0 Å². The van der Waals surface area contributed by atoms with Crippen molar-refractivity contribution in [3.8, 4) is 22.3 Å². The topological polar surface area (TPSA) is 0 Å². The van der Waals surface area contributed by atoms with Gasteiger partial charge in [-0.1, -0.05) is 92.6 Å². The first kappa shape index (κ1) is 20.7. The SMILES string of the molecule is Cc1ccc2c(C3CCCCC3)c3c(c(C4CCCCC4)c2c1)-c1cccc2c(C)ccc-3c12. The van der Waals surface area contributed by atoms with Gasteiger partial charge in [0, 0.05) is 0 Å². The number of benzene rings is 4. The fraction of sp³-hybridized carbons (Fsp3) is 0.412. The van der Waals surface area contributed by atoms with Crippen molar-refractivity contribution in [1.29, 1.82) is 0 Å². The highest BCUT2D eigenvalue weighted by Gasteiger charge is 2.34. The Morgan fingerprint density at radius 2 is 1.18 bits per heavy atom. The van der Waals surface area contributed by atoms with Crippen LogP contribution < -0.4 is 0 Å². The molecule has 0 radical (unpaired) electrons. The molecule has 0 heterocycles. The molecule has 0 unspecified atom stereocenters. The van der Waals surface area contributed by atoms with Crippen LogP contribution in [0.3, 0.4) is 0 Å². The van der Waals surface area contributed by atoms with Gasteiger partial charge in [-0.15, -0.1) is 0 Å². The van der Waals surface area contributed by atoms with Gasteiger partial charge in [0.1, 0.15) is 0 Å². The molecule has 0 N–H and O–H groups in total. The molecule has 0 saturated heterocycles. The molecule has 3 aliphatic rings. The first-order valence-electron chi connectivity index (χ1n) is 13.9. The number of aryl methyl sites for hydroxylation is 2. The molecule has 0 aromatic heterocycles. The smallest absolute Gasteiger partial charge is 0.00235 e. The van der Waals surface area contributed by atoms with Gasteiger partial charge >= 0.3 is 0 Å². The maximum absolute atomic E-state index is 2.54. The van der Waals surface area contributed by atoms with Gasteiger partial charge in [0.15, 0.2) is 0 Å². The van der Waals surface area contributed by atoms with Crippen molar-refractivity contribution >= 4 is 21.5 Å². The van der Waals surface area contributed by atoms with Crippen LogP contribution in [-0.2, 0) is 0 Å². The zero-order valence-corrected chi connectivity index (χ0v) is 20.8. The Hall–Kier alpha value is -2.60. The fourth-order valence-electron chi connectivity index (χ4n) is 7.81. The van der Waals surface area contributed by atoms with Gasteiger partial charge in [0.25, 0.3) is 0 Å². The van der Waals surface area contributed by atoms with Crippen molar-refractivity contribution in [1.82, 2.24) is 0 Å². The summed E-state index contributed by atoms with van der Waals surface area (Å²) in [4.78, 5) is 0. The van der Waals surface area contributed by atoms with Gasteiger partial charge in [-0.3, -0.25) is 0 Å². The number of hydrogen-bond acceptors (Lipinski definition) is 0. The van der Waals surface area contributed by atoms with Crippen LogP contribution in [-0.4, -0.2) is 0 Å². The van der Waals surface area contributed by atoms with Crippen molar-refractivity contribution in [2.75, 3.05) is 0 Å². The van der Waals surface area contributed by atoms with Gasteiger partial charge in [-0.25, -0.2) is 0 Å². The number of hydrogen-bond donors (Lipinski definition) is 0. The third kappa shape index (κ3) is 2.97. The molecule has 7 rings (SSSR count). The predicted octanol–water partition coefficient (Wildman–Crippen LogP) is 10.4. The molecule has 2 fully saturated rings. The Kier molecular flexibility index (Phi) is 4.87. The molecule has 2 saturated carbocycles. The van der Waals surface area contributed by atoms with E-state index >= 15 is 0 Å². The van der Waals surface area contributed by atoms with Gasteiger partial charge in [-0.2, -0.15) is 0 Å². The molecule has 3 aliphatic carbocycles. The van der Waals surface area contributed by atoms with Crippen LogP contribution in [0, 0.1) is 13.8 Å². The van der Waals surface area contributed by atoms with Crippen LogP contribution in [0.25, 0.3) is 43.8 Å². The highest BCUT2D eigenvalue weighted by atomic mass is 14.4. The quantitative estimate of drug-likeness (QED) is 0.254. The van der Waals surface area contributed by atoms with E-state index < -0.39 is 0 Å². The molecule has 34 heavy (non-hydrogen) atoms. The molecule has 0 nitrogen and oxygen atoms in total. The summed E-state index contributed by atoms with van der Waals surface area (Å²) in [6, 6.07) is 19.4. The Labute approximate surface area is 204 Å². The highest BCUT2D eigenvalue weighted by molar-refractivity contribution is 6.20. The molecule has 0 bridgehead atoms. The zero-order chi connectivity index (χ0) is 22.8. The second-order valence-corrected chi connectivity index (χ2v) is 11.5. The molecular formula is C34H36. The summed E-state index contributed by atoms with van der Waals surface area (Å²) in [5.74, 6) is 1.39. The minimum Gasteiger partial charge on any atom is -0.0610 e. The average molecular weight is 445 g/mol. The van der Waals surface area contributed by atoms with E-state index in [1.807, 2.05) is 0 Å². The Morgan fingerprint density at radius 3 is 1.85 bits per heavy atom. The Bertz CT molecular complexity index is 1420. The lowest BCUT2D eigenvalue weighted by atomic mass is 9.72. The van der Waals surface area contributed by atoms with E-state index in [1.165, 1.54) is 97.2 Å². The van der Waals surface area contributed by atoms with E-state index in [1.54, 1.807) is 33.0 Å². The molecule has 0 atom stereocenters. The van der Waals surface area contributed by atoms with Gasteiger partial charge < -0.3 is 0 Å². The average Bonchev–Trinajstić information content (AvgIpc) is 3.20. The van der Waals surface area contributed by atoms with E-state index in [0.717, 1.165) is 0 Å². The molecule has 0 heteroatoms. The lowest BCUT2D eigenvalue weighted by Crippen LogP contribution is -2.11. The first-order valence-corrected chi connectivity index (χ1v) is 13.9. The predicted molar refractivity (Wildman–Crippen MR) is 147 cm³/mol. The summed E-state index contributed by atoms with van der Waals surface area (Å²) in [7, 11) is 0. The van der Waals surface area contributed by atoms with Crippen LogP contribution in [0.5, 0.6) is 0 Å². The summed E-state index contributed by atoms with van der Waals surface area (Å²) >= 11 is 0. The van der Waals surface area contributed by atoms with Crippen LogP contribution in [0.2, 0.25) is 0 Å². The maximum atomic E-state index is 2.54. The van der Waals surface area contributed by atoms with Gasteiger partial charge in [0.2, 0.25) is 0 Å². The minimum atomic E-state index is 0.692. The lowest BCUT2D eigenvalue weighted by Gasteiger charge is -2.31. The first-order chi connectivity index (χ1) is 16.7. The number of rotatable bonds is 2. The molecule has 0 aliphatic heterocycles. The van der Waals surface area contributed by atoms with E-state index in [4.69, 9.17) is 0 Å². The summed E-state index contributed by atoms with van der Waals surface area (Å²) in [5, 5.41) is 6.13. The van der Waals surface area contributed by atoms with Gasteiger partial charge in [0.05, 0.1) is 0 Å². The minimum absolute atomic E-state index is 0.692. The fourth-order valence-corrected chi connectivity index (χ4v) is 7.81. The maximum Gasteiger partial charge on any atom is -0.00235 e. The van der Waals surface area contributed by atoms with Crippen molar-refractivity contribution in [2.45, 2.75) is 89.9 Å². The molecule has 0 spiro atoms. The highest BCUT2D eigenvalue weighted by Crippen LogP contribution is 2.58. The molecule has 172 valence electrons. The van der Waals surface area contributed by atoms with E-state index in [-0.39, 0.29) is 0 Å². The number of fused-ring (bicyclic) bond motifs is 4. The van der Waals surface area contributed by atoms with Crippen molar-refractivity contribution in [3.63, 3.8) is 0 Å². The summed E-state index contributed by atoms with van der Waals surface area (Å²) in [6.45, 7) is 4.58. The second-order valence-electron chi connectivity index (χ2n) is 11.5. The molecule has 0 amide bonds. The summed E-state index contributed by atoms with van der Waals surface area (Å²) in [6.07, 6.45) is 13.7. The van der Waals surface area contributed by atoms with Crippen LogP contribution in [0.15, 0.2) is 48.5 Å². The van der Waals surface area contributed by atoms with Crippen LogP contribution in [0.4, 0.5) is 0 Å². The summed E-state index contributed by atoms with van der Waals surface area (Å²) in [5.41, 5.74) is 12.5. The molecule has 4 aromatic rings. The van der Waals surface area contributed by atoms with E-state index in [0.29, 0.717) is 11.8 Å².